The quantitative estimate of drug-likeness (QED) is 0.533. The van der Waals surface area contributed by atoms with Crippen molar-refractivity contribution in [2.45, 2.75) is 0 Å². The molecule has 0 fully saturated rings. The fraction of sp³-hybridized carbons (Fsp3) is 0. The minimum atomic E-state index is -4.17. The van der Waals surface area contributed by atoms with Gasteiger partial charge in [-0.1, -0.05) is 48.5 Å². The van der Waals surface area contributed by atoms with Crippen LogP contribution in [0.2, 0.25) is 0 Å². The molecule has 0 bridgehead atoms. The molecule has 6 heteroatoms. The van der Waals surface area contributed by atoms with E-state index in [2.05, 4.69) is 0 Å². The third-order valence-electron chi connectivity index (χ3n) is 2.62. The van der Waals surface area contributed by atoms with Gasteiger partial charge in [0.2, 0.25) is 0 Å². The first-order chi connectivity index (χ1) is 9.46. The van der Waals surface area contributed by atoms with Gasteiger partial charge in [-0.3, -0.25) is 9.35 Å². The van der Waals surface area contributed by atoms with Gasteiger partial charge in [0.05, 0.1) is 5.41 Å². The van der Waals surface area contributed by atoms with Crippen LogP contribution in [0.3, 0.4) is 0 Å². The van der Waals surface area contributed by atoms with Gasteiger partial charge in [0.15, 0.2) is 5.78 Å². The second kappa shape index (κ2) is 7.68. The molecule has 0 amide bonds. The molecule has 4 nitrogen and oxygen atoms in total. The summed E-state index contributed by atoms with van der Waals surface area (Å²) in [5, 5.41) is 0.680. The molecule has 0 aliphatic rings. The number of hydrogen-bond donors (Lipinski definition) is 1. The van der Waals surface area contributed by atoms with Crippen molar-refractivity contribution >= 4 is 51.5 Å². The van der Waals surface area contributed by atoms with E-state index in [-0.39, 0.29) is 35.3 Å². The molecule has 104 valence electrons. The number of benzene rings is 2. The van der Waals surface area contributed by atoms with Gasteiger partial charge >= 0.3 is 29.6 Å². The van der Waals surface area contributed by atoms with Gasteiger partial charge in [0.25, 0.3) is 10.1 Å². The van der Waals surface area contributed by atoms with Crippen LogP contribution in [0.4, 0.5) is 0 Å². The number of carbonyl (C=O) groups is 1. The monoisotopic (exact) mass is 312 g/mol. The maximum absolute atomic E-state index is 12.2. The summed E-state index contributed by atoms with van der Waals surface area (Å²) >= 11 is 0. The van der Waals surface area contributed by atoms with E-state index in [0.717, 1.165) is 0 Å². The van der Waals surface area contributed by atoms with Crippen LogP contribution < -0.4 is 0 Å². The molecule has 0 aromatic heterocycles. The molecule has 0 aliphatic carbocycles. The van der Waals surface area contributed by atoms with Crippen LogP contribution in [0, 0.1) is 0 Å². The van der Waals surface area contributed by atoms with Crippen molar-refractivity contribution in [1.82, 2.24) is 0 Å². The Labute approximate surface area is 145 Å². The second-order valence-corrected chi connectivity index (χ2v) is 5.44. The van der Waals surface area contributed by atoms with Crippen molar-refractivity contribution < 1.29 is 17.8 Å². The molecule has 0 aliphatic heterocycles. The Morgan fingerprint density at radius 2 is 1.57 bits per heavy atom. The van der Waals surface area contributed by atoms with Crippen molar-refractivity contribution in [2.24, 2.45) is 0 Å². The second-order valence-electron chi connectivity index (χ2n) is 4.14. The van der Waals surface area contributed by atoms with Gasteiger partial charge in [-0.2, -0.15) is 8.42 Å². The van der Waals surface area contributed by atoms with E-state index in [1.807, 2.05) is 6.07 Å². The Kier molecular flexibility index (Phi) is 6.51. The molecule has 2 rings (SSSR count). The Morgan fingerprint density at radius 3 is 2.19 bits per heavy atom. The van der Waals surface area contributed by atoms with Crippen LogP contribution >= 0.6 is 0 Å². The van der Waals surface area contributed by atoms with E-state index in [0.29, 0.717) is 22.1 Å². The molecule has 0 spiro atoms. The summed E-state index contributed by atoms with van der Waals surface area (Å²) < 4.78 is 29.9. The normalized spacial score (nSPS) is 11.1. The van der Waals surface area contributed by atoms with Gasteiger partial charge in [-0.15, -0.1) is 0 Å². The molecule has 2 aromatic carbocycles. The van der Waals surface area contributed by atoms with Crippen LogP contribution in [-0.4, -0.2) is 48.3 Å². The first kappa shape index (κ1) is 17.8. The van der Waals surface area contributed by atoms with E-state index >= 15 is 0 Å². The number of hydrogen-bond acceptors (Lipinski definition) is 3. The topological polar surface area (TPSA) is 71.4 Å². The summed E-state index contributed by atoms with van der Waals surface area (Å²) in [6, 6.07) is 15.3. The predicted octanol–water partition coefficient (Wildman–Crippen LogP) is 2.13. The molecule has 0 saturated heterocycles. The van der Waals surface area contributed by atoms with Gasteiger partial charge in [0.1, 0.15) is 0 Å². The van der Waals surface area contributed by atoms with E-state index < -0.39 is 10.1 Å². The number of ketones is 1. The molecule has 0 saturated carbocycles. The first-order valence-corrected chi connectivity index (χ1v) is 7.31. The molecule has 0 unspecified atom stereocenters. The van der Waals surface area contributed by atoms with Crippen LogP contribution in [-0.2, 0) is 10.1 Å². The standard InChI is InChI=1S/C15H12O4S.Na.H/c16-15(13-6-2-1-3-7-13)14-8-4-5-12(11-14)9-10-20(17,18)19;;/h1-11H,(H,17,18,19);;/b10-9+;;. The molecule has 0 atom stereocenters. The summed E-state index contributed by atoms with van der Waals surface area (Å²) in [5.41, 5.74) is 1.53. The molecular weight excluding hydrogens is 299 g/mol. The van der Waals surface area contributed by atoms with Gasteiger partial charge < -0.3 is 0 Å². The molecular formula is C15H13NaO4S. The van der Waals surface area contributed by atoms with Crippen molar-refractivity contribution in [2.75, 3.05) is 0 Å². The molecule has 21 heavy (non-hydrogen) atoms. The van der Waals surface area contributed by atoms with Gasteiger partial charge in [-0.25, -0.2) is 0 Å². The van der Waals surface area contributed by atoms with Crippen LogP contribution in [0.1, 0.15) is 21.5 Å². The van der Waals surface area contributed by atoms with Crippen molar-refractivity contribution in [3.63, 3.8) is 0 Å². The summed E-state index contributed by atoms with van der Waals surface area (Å²) in [6.07, 6.45) is 1.23. The molecule has 2 aromatic rings. The minimum absolute atomic E-state index is 0. The summed E-state index contributed by atoms with van der Waals surface area (Å²) in [7, 11) is -4.17. The summed E-state index contributed by atoms with van der Waals surface area (Å²) in [5.74, 6) is -0.146. The van der Waals surface area contributed by atoms with Crippen LogP contribution in [0.15, 0.2) is 60.0 Å². The van der Waals surface area contributed by atoms with Crippen LogP contribution in [0.25, 0.3) is 6.08 Å². The van der Waals surface area contributed by atoms with Crippen molar-refractivity contribution in [1.29, 1.82) is 0 Å². The Morgan fingerprint density at radius 1 is 0.952 bits per heavy atom. The average molecular weight is 312 g/mol. The number of rotatable bonds is 4. The third-order valence-corrected chi connectivity index (χ3v) is 3.10. The van der Waals surface area contributed by atoms with Crippen LogP contribution in [0.5, 0.6) is 0 Å². The van der Waals surface area contributed by atoms with Gasteiger partial charge in [-0.05, 0) is 17.7 Å². The summed E-state index contributed by atoms with van der Waals surface area (Å²) in [6.45, 7) is 0. The number of carbonyl (C=O) groups excluding carboxylic acids is 1. The average Bonchev–Trinajstić information content (AvgIpc) is 2.45. The molecule has 1 N–H and O–H groups in total. The maximum atomic E-state index is 12.2. The summed E-state index contributed by atoms with van der Waals surface area (Å²) in [4.78, 5) is 12.2. The zero-order chi connectivity index (χ0) is 14.6. The zero-order valence-electron chi connectivity index (χ0n) is 10.4. The first-order valence-electron chi connectivity index (χ1n) is 5.81. The third kappa shape index (κ3) is 5.57. The van der Waals surface area contributed by atoms with Crippen molar-refractivity contribution in [3.8, 4) is 0 Å². The van der Waals surface area contributed by atoms with E-state index in [9.17, 15) is 13.2 Å². The Hall–Kier alpha value is -1.24. The van der Waals surface area contributed by atoms with Gasteiger partial charge in [0, 0.05) is 11.1 Å². The van der Waals surface area contributed by atoms with E-state index in [4.69, 9.17) is 4.55 Å². The van der Waals surface area contributed by atoms with E-state index in [1.165, 1.54) is 6.08 Å². The molecule has 0 heterocycles. The fourth-order valence-electron chi connectivity index (χ4n) is 1.70. The zero-order valence-corrected chi connectivity index (χ0v) is 11.2. The predicted molar refractivity (Wildman–Crippen MR) is 84.0 cm³/mol. The van der Waals surface area contributed by atoms with E-state index in [1.54, 1.807) is 48.5 Å². The molecule has 0 radical (unpaired) electrons. The fourth-order valence-corrected chi connectivity index (χ4v) is 2.03. The van der Waals surface area contributed by atoms with Crippen molar-refractivity contribution in [3.05, 3.63) is 76.7 Å². The Bertz CT molecular complexity index is 752. The Balaban J connectivity index is 0.00000220. The SMILES string of the molecule is O=C(c1ccccc1)c1cccc(/C=C/S(=O)(=O)O)c1.[NaH].